The second-order valence-electron chi connectivity index (χ2n) is 6.37. The molecular weight excluding hydrogens is 332 g/mol. The molecule has 4 rings (SSSR count). The molecule has 0 bridgehead atoms. The molecule has 24 heavy (non-hydrogen) atoms. The molecule has 0 radical (unpaired) electrons. The van der Waals surface area contributed by atoms with Crippen molar-refractivity contribution in [1.29, 1.82) is 0 Å². The van der Waals surface area contributed by atoms with Crippen molar-refractivity contribution in [1.82, 2.24) is 9.21 Å². The van der Waals surface area contributed by atoms with Gasteiger partial charge in [0.25, 0.3) is 0 Å². The van der Waals surface area contributed by atoms with Gasteiger partial charge in [-0.3, -0.25) is 4.79 Å². The summed E-state index contributed by atoms with van der Waals surface area (Å²) in [5, 5.41) is 0. The number of sulfonamides is 1. The summed E-state index contributed by atoms with van der Waals surface area (Å²) in [5.74, 6) is 1.36. The third kappa shape index (κ3) is 2.84. The lowest BCUT2D eigenvalue weighted by atomic mass is 10.3. The Morgan fingerprint density at radius 1 is 1.04 bits per heavy atom. The molecule has 0 spiro atoms. The number of hydrogen-bond acceptors (Lipinski definition) is 5. The average molecular weight is 352 g/mol. The quantitative estimate of drug-likeness (QED) is 0.813. The van der Waals surface area contributed by atoms with Crippen LogP contribution in [0.15, 0.2) is 23.1 Å². The highest BCUT2D eigenvalue weighted by Crippen LogP contribution is 2.35. The van der Waals surface area contributed by atoms with Crippen LogP contribution in [0, 0.1) is 5.92 Å². The second kappa shape index (κ2) is 5.93. The maximum atomic E-state index is 12.9. The van der Waals surface area contributed by atoms with Gasteiger partial charge in [0.05, 0.1) is 4.90 Å². The molecule has 1 saturated heterocycles. The molecule has 1 saturated carbocycles. The van der Waals surface area contributed by atoms with Crippen LogP contribution in [0.5, 0.6) is 11.5 Å². The number of hydrogen-bond donors (Lipinski definition) is 0. The Kier molecular flexibility index (Phi) is 3.88. The van der Waals surface area contributed by atoms with E-state index in [-0.39, 0.29) is 23.5 Å². The van der Waals surface area contributed by atoms with Crippen molar-refractivity contribution in [2.24, 2.45) is 5.92 Å². The van der Waals surface area contributed by atoms with Gasteiger partial charge in [0.15, 0.2) is 11.5 Å². The summed E-state index contributed by atoms with van der Waals surface area (Å²) in [6.07, 6.45) is 2.59. The molecule has 2 heterocycles. The number of rotatable bonds is 3. The molecule has 1 aliphatic carbocycles. The van der Waals surface area contributed by atoms with Gasteiger partial charge in [-0.1, -0.05) is 0 Å². The zero-order chi connectivity index (χ0) is 16.7. The van der Waals surface area contributed by atoms with Crippen LogP contribution in [0.2, 0.25) is 0 Å². The van der Waals surface area contributed by atoms with Crippen LogP contribution in [0.1, 0.15) is 19.3 Å². The number of fused-ring (bicyclic) bond motifs is 1. The molecule has 0 unspecified atom stereocenters. The average Bonchev–Trinajstić information content (AvgIpc) is 3.36. The van der Waals surface area contributed by atoms with Gasteiger partial charge in [-0.15, -0.1) is 0 Å². The number of ether oxygens (including phenoxy) is 2. The van der Waals surface area contributed by atoms with E-state index in [1.165, 1.54) is 10.4 Å². The molecule has 130 valence electrons. The van der Waals surface area contributed by atoms with Gasteiger partial charge in [0, 0.05) is 38.2 Å². The zero-order valence-corrected chi connectivity index (χ0v) is 14.1. The van der Waals surface area contributed by atoms with Crippen LogP contribution in [0.4, 0.5) is 0 Å². The number of amides is 1. The molecule has 2 fully saturated rings. The Morgan fingerprint density at radius 2 is 1.83 bits per heavy atom. The zero-order valence-electron chi connectivity index (χ0n) is 13.3. The normalized spacial score (nSPS) is 21.6. The third-order valence-electron chi connectivity index (χ3n) is 4.67. The van der Waals surface area contributed by atoms with E-state index in [1.807, 2.05) is 4.90 Å². The Bertz CT molecular complexity index is 760. The minimum Gasteiger partial charge on any atom is -0.454 e. The monoisotopic (exact) mass is 352 g/mol. The van der Waals surface area contributed by atoms with Gasteiger partial charge in [-0.25, -0.2) is 8.42 Å². The van der Waals surface area contributed by atoms with Crippen molar-refractivity contribution >= 4 is 15.9 Å². The SMILES string of the molecule is O=C(C1CC1)N1CCCN(S(=O)(=O)c2ccc3c(c2)OCO3)CC1. The number of carbonyl (C=O) groups excluding carboxylic acids is 1. The summed E-state index contributed by atoms with van der Waals surface area (Å²) < 4.78 is 37.7. The molecule has 1 amide bonds. The maximum absolute atomic E-state index is 12.9. The molecule has 8 heteroatoms. The summed E-state index contributed by atoms with van der Waals surface area (Å²) in [5.41, 5.74) is 0. The lowest BCUT2D eigenvalue weighted by Crippen LogP contribution is -2.37. The first-order chi connectivity index (χ1) is 11.6. The van der Waals surface area contributed by atoms with Gasteiger partial charge in [-0.2, -0.15) is 4.31 Å². The minimum atomic E-state index is -3.60. The molecule has 1 aromatic carbocycles. The largest absolute Gasteiger partial charge is 0.454 e. The summed E-state index contributed by atoms with van der Waals surface area (Å²) in [7, 11) is -3.60. The van der Waals surface area contributed by atoms with Crippen molar-refractivity contribution in [3.63, 3.8) is 0 Å². The molecule has 1 aromatic rings. The molecule has 3 aliphatic rings. The molecule has 0 aromatic heterocycles. The van der Waals surface area contributed by atoms with E-state index in [2.05, 4.69) is 0 Å². The lowest BCUT2D eigenvalue weighted by Gasteiger charge is -2.22. The van der Waals surface area contributed by atoms with E-state index >= 15 is 0 Å². The van der Waals surface area contributed by atoms with Crippen LogP contribution in [-0.4, -0.2) is 56.5 Å². The molecule has 2 aliphatic heterocycles. The maximum Gasteiger partial charge on any atom is 0.243 e. The predicted octanol–water partition coefficient (Wildman–Crippen LogP) is 1.05. The Labute approximate surface area is 141 Å². The molecular formula is C16H20N2O5S. The van der Waals surface area contributed by atoms with Gasteiger partial charge in [0.2, 0.25) is 22.7 Å². The Hall–Kier alpha value is -1.80. The van der Waals surface area contributed by atoms with Crippen molar-refractivity contribution < 1.29 is 22.7 Å². The van der Waals surface area contributed by atoms with E-state index in [4.69, 9.17) is 9.47 Å². The summed E-state index contributed by atoms with van der Waals surface area (Å²) in [6, 6.07) is 4.67. The van der Waals surface area contributed by atoms with Crippen molar-refractivity contribution in [3.8, 4) is 11.5 Å². The van der Waals surface area contributed by atoms with Crippen LogP contribution < -0.4 is 9.47 Å². The van der Waals surface area contributed by atoms with E-state index in [0.717, 1.165) is 12.8 Å². The number of nitrogens with zero attached hydrogens (tertiary/aromatic N) is 2. The second-order valence-corrected chi connectivity index (χ2v) is 8.31. The highest BCUT2D eigenvalue weighted by Gasteiger charge is 2.35. The number of benzene rings is 1. The predicted molar refractivity (Wildman–Crippen MR) is 85.2 cm³/mol. The van der Waals surface area contributed by atoms with Crippen molar-refractivity contribution in [2.75, 3.05) is 33.0 Å². The first kappa shape index (κ1) is 15.7. The fraction of sp³-hybridized carbons (Fsp3) is 0.562. The van der Waals surface area contributed by atoms with E-state index in [1.54, 1.807) is 12.1 Å². The lowest BCUT2D eigenvalue weighted by molar-refractivity contribution is -0.132. The fourth-order valence-corrected chi connectivity index (χ4v) is 4.61. The summed E-state index contributed by atoms with van der Waals surface area (Å²) in [6.45, 7) is 1.95. The molecule has 7 nitrogen and oxygen atoms in total. The standard InChI is InChI=1S/C16H20N2O5S/c19-16(12-2-3-12)17-6-1-7-18(9-8-17)24(20,21)13-4-5-14-15(10-13)23-11-22-14/h4-5,10,12H,1-3,6-9,11H2. The molecule has 0 N–H and O–H groups in total. The van der Waals surface area contributed by atoms with E-state index in [0.29, 0.717) is 44.1 Å². The van der Waals surface area contributed by atoms with Crippen LogP contribution in [0.25, 0.3) is 0 Å². The summed E-state index contributed by atoms with van der Waals surface area (Å²) >= 11 is 0. The van der Waals surface area contributed by atoms with Gasteiger partial charge in [-0.05, 0) is 31.4 Å². The van der Waals surface area contributed by atoms with Crippen LogP contribution in [-0.2, 0) is 14.8 Å². The Balaban J connectivity index is 1.50. The first-order valence-electron chi connectivity index (χ1n) is 8.24. The minimum absolute atomic E-state index is 0.112. The fourth-order valence-electron chi connectivity index (χ4n) is 3.13. The van der Waals surface area contributed by atoms with E-state index < -0.39 is 10.0 Å². The first-order valence-corrected chi connectivity index (χ1v) is 9.68. The Morgan fingerprint density at radius 3 is 2.62 bits per heavy atom. The highest BCUT2D eigenvalue weighted by molar-refractivity contribution is 7.89. The third-order valence-corrected chi connectivity index (χ3v) is 6.57. The van der Waals surface area contributed by atoms with Crippen molar-refractivity contribution in [3.05, 3.63) is 18.2 Å². The topological polar surface area (TPSA) is 76.2 Å². The highest BCUT2D eigenvalue weighted by atomic mass is 32.2. The van der Waals surface area contributed by atoms with Crippen LogP contribution in [0.3, 0.4) is 0 Å². The van der Waals surface area contributed by atoms with E-state index in [9.17, 15) is 13.2 Å². The summed E-state index contributed by atoms with van der Waals surface area (Å²) in [4.78, 5) is 14.2. The molecule has 0 atom stereocenters. The van der Waals surface area contributed by atoms with Crippen LogP contribution >= 0.6 is 0 Å². The van der Waals surface area contributed by atoms with Gasteiger partial charge < -0.3 is 14.4 Å². The van der Waals surface area contributed by atoms with Gasteiger partial charge in [0.1, 0.15) is 0 Å². The smallest absolute Gasteiger partial charge is 0.243 e. The van der Waals surface area contributed by atoms with Gasteiger partial charge >= 0.3 is 0 Å². The number of carbonyl (C=O) groups is 1. The van der Waals surface area contributed by atoms with Crippen molar-refractivity contribution in [2.45, 2.75) is 24.2 Å².